The molecule has 0 unspecified atom stereocenters. The van der Waals surface area contributed by atoms with E-state index < -0.39 is 5.82 Å². The second kappa shape index (κ2) is 6.16. The second-order valence-electron chi connectivity index (χ2n) is 4.67. The van der Waals surface area contributed by atoms with Crippen LogP contribution in [0.3, 0.4) is 0 Å². The number of hydrogen-bond donors (Lipinski definition) is 0. The van der Waals surface area contributed by atoms with Crippen molar-refractivity contribution >= 4 is 33.3 Å². The van der Waals surface area contributed by atoms with E-state index in [1.165, 1.54) is 25.3 Å². The van der Waals surface area contributed by atoms with Gasteiger partial charge in [0, 0.05) is 10.0 Å². The Hall–Kier alpha value is -1.39. The van der Waals surface area contributed by atoms with Crippen molar-refractivity contribution in [3.05, 3.63) is 61.8 Å². The third-order valence-corrected chi connectivity index (χ3v) is 4.39. The number of halogens is 3. The monoisotopic (exact) mass is 370 g/mol. The first-order valence-corrected chi connectivity index (χ1v) is 7.37. The summed E-state index contributed by atoms with van der Waals surface area (Å²) in [5.41, 5.74) is 2.38. The van der Waals surface area contributed by atoms with Gasteiger partial charge in [-0.1, -0.05) is 27.5 Å². The quantitative estimate of drug-likeness (QED) is 0.702. The Labute approximate surface area is 136 Å². The molecule has 0 heterocycles. The number of benzene rings is 2. The van der Waals surface area contributed by atoms with Crippen molar-refractivity contribution in [3.63, 3.8) is 0 Å². The van der Waals surface area contributed by atoms with E-state index in [2.05, 4.69) is 15.9 Å². The summed E-state index contributed by atoms with van der Waals surface area (Å²) in [4.78, 5) is 12.7. The molecule has 0 bridgehead atoms. The minimum Gasteiger partial charge on any atom is -0.496 e. The lowest BCUT2D eigenvalue weighted by Gasteiger charge is -2.15. The van der Waals surface area contributed by atoms with Gasteiger partial charge in [-0.2, -0.15) is 0 Å². The molecule has 0 saturated heterocycles. The van der Waals surface area contributed by atoms with Gasteiger partial charge in [0.1, 0.15) is 11.6 Å². The van der Waals surface area contributed by atoms with E-state index in [0.29, 0.717) is 16.9 Å². The SMILES string of the molecule is COc1c(C)cc(Br)c(C)c1C(=O)c1ccc(F)c(Cl)c1. The summed E-state index contributed by atoms with van der Waals surface area (Å²) in [6.45, 7) is 3.68. The lowest BCUT2D eigenvalue weighted by molar-refractivity contribution is 0.103. The van der Waals surface area contributed by atoms with Crippen LogP contribution in [0.15, 0.2) is 28.7 Å². The summed E-state index contributed by atoms with van der Waals surface area (Å²) >= 11 is 9.19. The molecule has 0 saturated carbocycles. The van der Waals surface area contributed by atoms with Crippen LogP contribution in [0.25, 0.3) is 0 Å². The molecule has 0 aliphatic carbocycles. The highest BCUT2D eigenvalue weighted by Gasteiger charge is 2.21. The Morgan fingerprint density at radius 1 is 1.29 bits per heavy atom. The van der Waals surface area contributed by atoms with Crippen molar-refractivity contribution in [2.24, 2.45) is 0 Å². The van der Waals surface area contributed by atoms with Crippen LogP contribution < -0.4 is 4.74 Å². The highest BCUT2D eigenvalue weighted by Crippen LogP contribution is 2.34. The van der Waals surface area contributed by atoms with E-state index in [1.54, 1.807) is 0 Å². The fraction of sp³-hybridized carbons (Fsp3) is 0.188. The van der Waals surface area contributed by atoms with Crippen LogP contribution in [0.1, 0.15) is 27.0 Å². The molecule has 2 aromatic rings. The third-order valence-electron chi connectivity index (χ3n) is 3.27. The lowest BCUT2D eigenvalue weighted by Crippen LogP contribution is -2.08. The maximum absolute atomic E-state index is 13.2. The molecule has 21 heavy (non-hydrogen) atoms. The smallest absolute Gasteiger partial charge is 0.197 e. The molecule has 5 heteroatoms. The van der Waals surface area contributed by atoms with Crippen LogP contribution in [-0.4, -0.2) is 12.9 Å². The van der Waals surface area contributed by atoms with Gasteiger partial charge in [0.2, 0.25) is 0 Å². The first-order valence-electron chi connectivity index (χ1n) is 6.20. The van der Waals surface area contributed by atoms with Gasteiger partial charge < -0.3 is 4.74 Å². The number of carbonyl (C=O) groups excluding carboxylic acids is 1. The highest BCUT2D eigenvalue weighted by molar-refractivity contribution is 9.10. The number of rotatable bonds is 3. The molecule has 0 fully saturated rings. The third kappa shape index (κ3) is 2.97. The fourth-order valence-electron chi connectivity index (χ4n) is 2.17. The summed E-state index contributed by atoms with van der Waals surface area (Å²) in [6.07, 6.45) is 0. The van der Waals surface area contributed by atoms with Crippen LogP contribution in [0.4, 0.5) is 4.39 Å². The summed E-state index contributed by atoms with van der Waals surface area (Å²) in [7, 11) is 1.52. The minimum absolute atomic E-state index is 0.0795. The van der Waals surface area contributed by atoms with E-state index in [0.717, 1.165) is 15.6 Å². The molecule has 0 aliphatic heterocycles. The lowest BCUT2D eigenvalue weighted by atomic mass is 9.96. The van der Waals surface area contributed by atoms with Gasteiger partial charge in [-0.15, -0.1) is 0 Å². The van der Waals surface area contributed by atoms with Crippen LogP contribution >= 0.6 is 27.5 Å². The van der Waals surface area contributed by atoms with E-state index >= 15 is 0 Å². The molecule has 0 N–H and O–H groups in total. The molecule has 110 valence electrons. The molecule has 2 rings (SSSR count). The van der Waals surface area contributed by atoms with E-state index in [1.807, 2.05) is 19.9 Å². The average molecular weight is 372 g/mol. The van der Waals surface area contributed by atoms with Crippen LogP contribution in [0.2, 0.25) is 5.02 Å². The predicted molar refractivity (Wildman–Crippen MR) is 85.0 cm³/mol. The minimum atomic E-state index is -0.553. The molecular formula is C16H13BrClFO2. The fourth-order valence-corrected chi connectivity index (χ4v) is 2.89. The van der Waals surface area contributed by atoms with Gasteiger partial charge in [-0.25, -0.2) is 4.39 Å². The number of hydrogen-bond acceptors (Lipinski definition) is 2. The zero-order chi connectivity index (χ0) is 15.7. The second-order valence-corrected chi connectivity index (χ2v) is 5.93. The van der Waals surface area contributed by atoms with Crippen LogP contribution in [-0.2, 0) is 0 Å². The van der Waals surface area contributed by atoms with Crippen LogP contribution in [0, 0.1) is 19.7 Å². The zero-order valence-electron chi connectivity index (χ0n) is 11.8. The molecule has 2 nitrogen and oxygen atoms in total. The molecule has 0 aliphatic rings. The van der Waals surface area contributed by atoms with Gasteiger partial charge >= 0.3 is 0 Å². The molecule has 0 amide bonds. The first-order chi connectivity index (χ1) is 9.86. The van der Waals surface area contributed by atoms with E-state index in [-0.39, 0.29) is 10.8 Å². The number of carbonyl (C=O) groups is 1. The maximum atomic E-state index is 13.2. The molecule has 0 radical (unpaired) electrons. The van der Waals surface area contributed by atoms with Crippen LogP contribution in [0.5, 0.6) is 5.75 Å². The maximum Gasteiger partial charge on any atom is 0.197 e. The van der Waals surface area contributed by atoms with Gasteiger partial charge in [0.15, 0.2) is 5.78 Å². The van der Waals surface area contributed by atoms with Crippen molar-refractivity contribution in [3.8, 4) is 5.75 Å². The molecule has 0 spiro atoms. The Balaban J connectivity index is 2.65. The topological polar surface area (TPSA) is 26.3 Å². The Bertz CT molecular complexity index is 729. The van der Waals surface area contributed by atoms with Gasteiger partial charge in [0.05, 0.1) is 17.7 Å². The normalized spacial score (nSPS) is 10.6. The van der Waals surface area contributed by atoms with Crippen molar-refractivity contribution in [1.29, 1.82) is 0 Å². The first kappa shape index (κ1) is 16.0. The van der Waals surface area contributed by atoms with Crippen molar-refractivity contribution in [2.75, 3.05) is 7.11 Å². The van der Waals surface area contributed by atoms with Gasteiger partial charge in [-0.3, -0.25) is 4.79 Å². The summed E-state index contributed by atoms with van der Waals surface area (Å²) in [6, 6.07) is 5.82. The molecule has 2 aromatic carbocycles. The zero-order valence-corrected chi connectivity index (χ0v) is 14.1. The van der Waals surface area contributed by atoms with Crippen molar-refractivity contribution < 1.29 is 13.9 Å². The van der Waals surface area contributed by atoms with E-state index in [4.69, 9.17) is 16.3 Å². The molecule has 0 atom stereocenters. The van der Waals surface area contributed by atoms with Gasteiger partial charge in [0.25, 0.3) is 0 Å². The number of ketones is 1. The van der Waals surface area contributed by atoms with Gasteiger partial charge in [-0.05, 0) is 49.2 Å². The number of methoxy groups -OCH3 is 1. The Kier molecular flexibility index (Phi) is 4.69. The summed E-state index contributed by atoms with van der Waals surface area (Å²) < 4.78 is 19.4. The highest BCUT2D eigenvalue weighted by atomic mass is 79.9. The largest absolute Gasteiger partial charge is 0.496 e. The number of ether oxygens (including phenoxy) is 1. The number of aryl methyl sites for hydroxylation is 1. The average Bonchev–Trinajstić information content (AvgIpc) is 2.44. The Morgan fingerprint density at radius 3 is 2.52 bits per heavy atom. The summed E-state index contributed by atoms with van der Waals surface area (Å²) in [5.74, 6) is -0.292. The van der Waals surface area contributed by atoms with Crippen molar-refractivity contribution in [1.82, 2.24) is 0 Å². The van der Waals surface area contributed by atoms with E-state index in [9.17, 15) is 9.18 Å². The molecular weight excluding hydrogens is 359 g/mol. The Morgan fingerprint density at radius 2 is 1.95 bits per heavy atom. The van der Waals surface area contributed by atoms with Crippen molar-refractivity contribution in [2.45, 2.75) is 13.8 Å². The summed E-state index contributed by atoms with van der Waals surface area (Å²) in [5, 5.41) is -0.0795. The molecule has 0 aromatic heterocycles. The standard InChI is InChI=1S/C16H13BrClFO2/c1-8-6-11(17)9(2)14(16(8)21-3)15(20)10-4-5-13(19)12(18)7-10/h4-7H,1-3H3. The predicted octanol–water partition coefficient (Wildman–Crippen LogP) is 5.10.